The smallest absolute Gasteiger partial charge is 0.145 e. The average molecular weight is 278 g/mol. The summed E-state index contributed by atoms with van der Waals surface area (Å²) in [7, 11) is 0. The summed E-state index contributed by atoms with van der Waals surface area (Å²) in [6.45, 7) is 0. The van der Waals surface area contributed by atoms with Crippen LogP contribution in [-0.2, 0) is 0 Å². The predicted octanol–water partition coefficient (Wildman–Crippen LogP) is 3.75. The van der Waals surface area contributed by atoms with Gasteiger partial charge in [0.15, 0.2) is 0 Å². The van der Waals surface area contributed by atoms with Gasteiger partial charge in [-0.2, -0.15) is 5.10 Å². The summed E-state index contributed by atoms with van der Waals surface area (Å²) in [5.41, 5.74) is 3.69. The van der Waals surface area contributed by atoms with Crippen molar-refractivity contribution in [1.82, 2.24) is 20.2 Å². The Balaban J connectivity index is 1.82. The number of nitrogens with one attached hydrogen (secondary N) is 1. The van der Waals surface area contributed by atoms with Gasteiger partial charge in [0.05, 0.1) is 11.2 Å². The zero-order chi connectivity index (χ0) is 13.4. The summed E-state index contributed by atoms with van der Waals surface area (Å²) in [4.78, 5) is 8.97. The molecule has 3 aromatic heterocycles. The fourth-order valence-electron chi connectivity index (χ4n) is 2.14. The fraction of sp³-hybridized carbons (Fsp3) is 0. The summed E-state index contributed by atoms with van der Waals surface area (Å²) in [5, 5.41) is 11.4. The minimum atomic E-state index is 0.884. The number of hydrogen-bond donors (Lipinski definition) is 1. The summed E-state index contributed by atoms with van der Waals surface area (Å²) in [6.07, 6.45) is 1.78. The number of hydrogen-bond acceptors (Lipinski definition) is 4. The molecule has 0 saturated heterocycles. The van der Waals surface area contributed by atoms with Gasteiger partial charge >= 0.3 is 0 Å². The molecule has 4 nitrogen and oxygen atoms in total. The molecule has 0 radical (unpaired) electrons. The molecule has 5 heteroatoms. The number of thiazole rings is 1. The van der Waals surface area contributed by atoms with Crippen molar-refractivity contribution < 1.29 is 0 Å². The molecule has 1 N–H and O–H groups in total. The maximum atomic E-state index is 4.65. The van der Waals surface area contributed by atoms with E-state index in [0.717, 1.165) is 33.0 Å². The fourth-order valence-corrected chi connectivity index (χ4v) is 2.96. The van der Waals surface area contributed by atoms with Crippen molar-refractivity contribution in [3.8, 4) is 22.1 Å². The Bertz CT molecular complexity index is 864. The zero-order valence-electron chi connectivity index (χ0n) is 10.4. The maximum absolute atomic E-state index is 4.65. The minimum Gasteiger partial charge on any atom is -0.277 e. The average Bonchev–Trinajstić information content (AvgIpc) is 3.14. The Morgan fingerprint density at radius 1 is 0.950 bits per heavy atom. The van der Waals surface area contributed by atoms with Gasteiger partial charge in [0.2, 0.25) is 0 Å². The molecule has 0 saturated carbocycles. The van der Waals surface area contributed by atoms with E-state index in [4.69, 9.17) is 0 Å². The van der Waals surface area contributed by atoms with Crippen molar-refractivity contribution >= 4 is 22.2 Å². The van der Waals surface area contributed by atoms with Crippen molar-refractivity contribution in [3.05, 3.63) is 54.0 Å². The van der Waals surface area contributed by atoms with Gasteiger partial charge in [-0.05, 0) is 18.2 Å². The quantitative estimate of drug-likeness (QED) is 0.607. The first-order chi connectivity index (χ1) is 9.92. The van der Waals surface area contributed by atoms with E-state index in [1.54, 1.807) is 17.5 Å². The third-order valence-corrected chi connectivity index (χ3v) is 3.95. The van der Waals surface area contributed by atoms with E-state index >= 15 is 0 Å². The normalized spacial score (nSPS) is 11.0. The second kappa shape index (κ2) is 4.54. The van der Waals surface area contributed by atoms with Gasteiger partial charge in [-0.1, -0.05) is 24.3 Å². The zero-order valence-corrected chi connectivity index (χ0v) is 11.3. The van der Waals surface area contributed by atoms with E-state index in [1.165, 1.54) is 0 Å². The van der Waals surface area contributed by atoms with Crippen LogP contribution in [0.4, 0.5) is 0 Å². The van der Waals surface area contributed by atoms with Crippen LogP contribution in [0.5, 0.6) is 0 Å². The number of rotatable bonds is 2. The van der Waals surface area contributed by atoms with Crippen LogP contribution in [0.3, 0.4) is 0 Å². The van der Waals surface area contributed by atoms with Gasteiger partial charge in [-0.25, -0.2) is 4.98 Å². The first kappa shape index (κ1) is 11.3. The molecule has 96 valence electrons. The number of benzene rings is 1. The van der Waals surface area contributed by atoms with Crippen LogP contribution in [-0.4, -0.2) is 20.2 Å². The summed E-state index contributed by atoms with van der Waals surface area (Å²) < 4.78 is 0. The monoisotopic (exact) mass is 278 g/mol. The second-order valence-electron chi connectivity index (χ2n) is 4.37. The Hall–Kier alpha value is -2.53. The Labute approximate surface area is 119 Å². The van der Waals surface area contributed by atoms with Crippen LogP contribution in [0.15, 0.2) is 54.0 Å². The first-order valence-electron chi connectivity index (χ1n) is 6.22. The highest BCUT2D eigenvalue weighted by molar-refractivity contribution is 7.13. The number of para-hydroxylation sites is 1. The number of fused-ring (bicyclic) bond motifs is 1. The Kier molecular flexibility index (Phi) is 2.57. The van der Waals surface area contributed by atoms with Crippen molar-refractivity contribution in [2.45, 2.75) is 0 Å². The molecule has 0 atom stereocenters. The van der Waals surface area contributed by atoms with Crippen molar-refractivity contribution in [3.63, 3.8) is 0 Å². The molecule has 0 aliphatic rings. The molecule has 0 spiro atoms. The van der Waals surface area contributed by atoms with Crippen molar-refractivity contribution in [1.29, 1.82) is 0 Å². The molecule has 0 aliphatic carbocycles. The lowest BCUT2D eigenvalue weighted by atomic mass is 10.2. The molecule has 20 heavy (non-hydrogen) atoms. The summed E-state index contributed by atoms with van der Waals surface area (Å²) in [5.74, 6) is 0. The van der Waals surface area contributed by atoms with Gasteiger partial charge in [0.25, 0.3) is 0 Å². The lowest BCUT2D eigenvalue weighted by Crippen LogP contribution is -1.83. The summed E-state index contributed by atoms with van der Waals surface area (Å²) >= 11 is 1.58. The molecule has 0 fully saturated rings. The molecule has 0 amide bonds. The highest BCUT2D eigenvalue weighted by atomic mass is 32.1. The van der Waals surface area contributed by atoms with E-state index in [1.807, 2.05) is 41.8 Å². The van der Waals surface area contributed by atoms with Gasteiger partial charge in [-0.3, -0.25) is 10.1 Å². The maximum Gasteiger partial charge on any atom is 0.145 e. The number of aromatic amines is 1. The molecule has 0 bridgehead atoms. The third kappa shape index (κ3) is 1.80. The van der Waals surface area contributed by atoms with E-state index in [-0.39, 0.29) is 0 Å². The molecule has 3 heterocycles. The highest BCUT2D eigenvalue weighted by Crippen LogP contribution is 2.31. The van der Waals surface area contributed by atoms with Crippen LogP contribution >= 0.6 is 11.3 Å². The van der Waals surface area contributed by atoms with E-state index < -0.39 is 0 Å². The van der Waals surface area contributed by atoms with Crippen molar-refractivity contribution in [2.24, 2.45) is 0 Å². The lowest BCUT2D eigenvalue weighted by molar-refractivity contribution is 1.12. The number of pyridine rings is 1. The SMILES string of the molecule is c1ccc(-c2csc(-c3n[nH]c4ccccc34)n2)nc1. The Morgan fingerprint density at radius 2 is 1.85 bits per heavy atom. The van der Waals surface area contributed by atoms with Gasteiger partial charge in [0.1, 0.15) is 16.4 Å². The molecule has 4 rings (SSSR count). The Morgan fingerprint density at radius 3 is 2.75 bits per heavy atom. The summed E-state index contributed by atoms with van der Waals surface area (Å²) in [6, 6.07) is 13.9. The highest BCUT2D eigenvalue weighted by Gasteiger charge is 2.12. The molecule has 0 aliphatic heterocycles. The second-order valence-corrected chi connectivity index (χ2v) is 5.23. The van der Waals surface area contributed by atoms with Crippen LogP contribution in [0.25, 0.3) is 33.0 Å². The number of nitrogens with zero attached hydrogens (tertiary/aromatic N) is 3. The lowest BCUT2D eigenvalue weighted by Gasteiger charge is -1.93. The molecule has 4 aromatic rings. The van der Waals surface area contributed by atoms with Crippen LogP contribution in [0.2, 0.25) is 0 Å². The molecule has 1 aromatic carbocycles. The van der Waals surface area contributed by atoms with E-state index in [2.05, 4.69) is 26.2 Å². The largest absolute Gasteiger partial charge is 0.277 e. The van der Waals surface area contributed by atoms with E-state index in [0.29, 0.717) is 0 Å². The minimum absolute atomic E-state index is 0.884. The standard InChI is InChI=1S/C15H10N4S/c1-2-6-11-10(5-1)14(19-18-11)15-17-13(9-20-15)12-7-3-4-8-16-12/h1-9H,(H,18,19). The first-order valence-corrected chi connectivity index (χ1v) is 7.10. The number of aromatic nitrogens is 4. The molecular formula is C15H10N4S. The topological polar surface area (TPSA) is 54.5 Å². The van der Waals surface area contributed by atoms with Crippen LogP contribution < -0.4 is 0 Å². The van der Waals surface area contributed by atoms with E-state index in [9.17, 15) is 0 Å². The molecule has 0 unspecified atom stereocenters. The van der Waals surface area contributed by atoms with Gasteiger partial charge in [-0.15, -0.1) is 11.3 Å². The molecular weight excluding hydrogens is 268 g/mol. The van der Waals surface area contributed by atoms with Crippen LogP contribution in [0, 0.1) is 0 Å². The van der Waals surface area contributed by atoms with Crippen molar-refractivity contribution in [2.75, 3.05) is 0 Å². The van der Waals surface area contributed by atoms with Gasteiger partial charge in [0, 0.05) is 17.0 Å². The predicted molar refractivity (Wildman–Crippen MR) is 80.4 cm³/mol. The van der Waals surface area contributed by atoms with Crippen LogP contribution in [0.1, 0.15) is 0 Å². The van der Waals surface area contributed by atoms with Gasteiger partial charge < -0.3 is 0 Å². The third-order valence-electron chi connectivity index (χ3n) is 3.10. The number of H-pyrrole nitrogens is 1.